The maximum absolute atomic E-state index is 13.0. The summed E-state index contributed by atoms with van der Waals surface area (Å²) in [6.07, 6.45) is 1.46. The van der Waals surface area contributed by atoms with E-state index in [1.54, 1.807) is 4.68 Å². The Hall–Kier alpha value is -2.11. The second kappa shape index (κ2) is 5.69. The first-order valence-electron chi connectivity index (χ1n) is 5.92. The molecule has 6 heteroatoms. The van der Waals surface area contributed by atoms with E-state index in [-0.39, 0.29) is 18.6 Å². The summed E-state index contributed by atoms with van der Waals surface area (Å²) in [4.78, 5) is 15.8. The lowest BCUT2D eigenvalue weighted by Gasteiger charge is -2.03. The first-order chi connectivity index (χ1) is 9.08. The molecule has 0 spiro atoms. The number of carbonyl (C=O) groups is 1. The fraction of sp³-hybridized carbons (Fsp3) is 0.308. The van der Waals surface area contributed by atoms with Gasteiger partial charge in [0.25, 0.3) is 0 Å². The Kier molecular flexibility index (Phi) is 3.99. The van der Waals surface area contributed by atoms with Crippen LogP contribution in [0.15, 0.2) is 24.5 Å². The van der Waals surface area contributed by atoms with Crippen molar-refractivity contribution in [1.82, 2.24) is 14.8 Å². The molecule has 0 atom stereocenters. The van der Waals surface area contributed by atoms with Crippen LogP contribution in [-0.4, -0.2) is 20.5 Å². The third-order valence-electron chi connectivity index (χ3n) is 2.67. The van der Waals surface area contributed by atoms with Crippen molar-refractivity contribution in [1.29, 1.82) is 0 Å². The molecular formula is C13H13F2N3O. The monoisotopic (exact) mass is 265 g/mol. The average molecular weight is 265 g/mol. The molecule has 1 aromatic heterocycles. The lowest BCUT2D eigenvalue weighted by molar-refractivity contribution is -0.117. The van der Waals surface area contributed by atoms with Gasteiger partial charge in [-0.05, 0) is 24.6 Å². The molecule has 19 heavy (non-hydrogen) atoms. The number of Topliss-reactive ketones (excluding diaryl/α,β-unsaturated/α-hetero) is 1. The highest BCUT2D eigenvalue weighted by molar-refractivity contribution is 5.82. The summed E-state index contributed by atoms with van der Waals surface area (Å²) in [5.41, 5.74) is 0.324. The number of hydrogen-bond acceptors (Lipinski definition) is 3. The smallest absolute Gasteiger partial charge is 0.144 e. The molecule has 0 aliphatic carbocycles. The molecular weight excluding hydrogens is 252 g/mol. The number of aryl methyl sites for hydroxylation is 1. The number of benzene rings is 1. The molecule has 2 rings (SSSR count). The summed E-state index contributed by atoms with van der Waals surface area (Å²) in [7, 11) is 0. The van der Waals surface area contributed by atoms with Crippen molar-refractivity contribution in [3.63, 3.8) is 0 Å². The van der Waals surface area contributed by atoms with Gasteiger partial charge in [-0.25, -0.2) is 18.4 Å². The van der Waals surface area contributed by atoms with E-state index >= 15 is 0 Å². The fourth-order valence-electron chi connectivity index (χ4n) is 1.87. The molecule has 0 N–H and O–H groups in total. The van der Waals surface area contributed by atoms with Crippen LogP contribution in [0.2, 0.25) is 0 Å². The van der Waals surface area contributed by atoms with Gasteiger partial charge in [-0.15, -0.1) is 0 Å². The second-order valence-corrected chi connectivity index (χ2v) is 4.16. The molecule has 0 aliphatic rings. The van der Waals surface area contributed by atoms with Crippen LogP contribution in [0.25, 0.3) is 0 Å². The van der Waals surface area contributed by atoms with E-state index in [2.05, 4.69) is 10.1 Å². The molecule has 0 radical (unpaired) electrons. The van der Waals surface area contributed by atoms with Gasteiger partial charge in [-0.3, -0.25) is 4.79 Å². The minimum absolute atomic E-state index is 0.0226. The Morgan fingerprint density at radius 3 is 2.53 bits per heavy atom. The zero-order chi connectivity index (χ0) is 13.8. The average Bonchev–Trinajstić information content (AvgIpc) is 2.74. The summed E-state index contributed by atoms with van der Waals surface area (Å²) < 4.78 is 27.6. The Morgan fingerprint density at radius 1 is 1.21 bits per heavy atom. The molecule has 2 aromatic rings. The van der Waals surface area contributed by atoms with Crippen LogP contribution >= 0.6 is 0 Å². The van der Waals surface area contributed by atoms with E-state index in [9.17, 15) is 13.6 Å². The summed E-state index contributed by atoms with van der Waals surface area (Å²) >= 11 is 0. The standard InChI is InChI=1S/C13H13F2N3O/c1-2-18-13(16-8-17-18)7-12(19)5-9-3-10(14)6-11(15)4-9/h3-4,6,8H,2,5,7H2,1H3. The first-order valence-corrected chi connectivity index (χ1v) is 5.92. The van der Waals surface area contributed by atoms with Gasteiger partial charge in [0.05, 0.1) is 6.42 Å². The molecule has 1 aromatic carbocycles. The van der Waals surface area contributed by atoms with E-state index < -0.39 is 11.6 Å². The molecule has 0 saturated heterocycles. The van der Waals surface area contributed by atoms with E-state index in [4.69, 9.17) is 0 Å². The van der Waals surface area contributed by atoms with Crippen molar-refractivity contribution < 1.29 is 13.6 Å². The summed E-state index contributed by atoms with van der Waals surface area (Å²) in [5.74, 6) is -0.962. The van der Waals surface area contributed by atoms with Crippen LogP contribution in [0.4, 0.5) is 8.78 Å². The van der Waals surface area contributed by atoms with Gasteiger partial charge in [-0.2, -0.15) is 5.10 Å². The van der Waals surface area contributed by atoms with E-state index in [1.165, 1.54) is 6.33 Å². The topological polar surface area (TPSA) is 47.8 Å². The van der Waals surface area contributed by atoms with Crippen molar-refractivity contribution in [2.24, 2.45) is 0 Å². The SMILES string of the molecule is CCn1ncnc1CC(=O)Cc1cc(F)cc(F)c1. The molecule has 100 valence electrons. The normalized spacial score (nSPS) is 10.7. The highest BCUT2D eigenvalue weighted by Crippen LogP contribution is 2.10. The zero-order valence-electron chi connectivity index (χ0n) is 10.4. The van der Waals surface area contributed by atoms with Gasteiger partial charge in [-0.1, -0.05) is 0 Å². The summed E-state index contributed by atoms with van der Waals surface area (Å²) in [5, 5.41) is 3.96. The molecule has 0 amide bonds. The van der Waals surface area contributed by atoms with Gasteiger partial charge in [0, 0.05) is 19.0 Å². The van der Waals surface area contributed by atoms with Crippen LogP contribution in [0.5, 0.6) is 0 Å². The molecule has 0 aliphatic heterocycles. The molecule has 0 unspecified atom stereocenters. The summed E-state index contributed by atoms with van der Waals surface area (Å²) in [6, 6.07) is 3.10. The molecule has 0 bridgehead atoms. The minimum Gasteiger partial charge on any atom is -0.299 e. The van der Waals surface area contributed by atoms with E-state index in [1.807, 2.05) is 6.92 Å². The predicted molar refractivity (Wildman–Crippen MR) is 64.5 cm³/mol. The van der Waals surface area contributed by atoms with Crippen molar-refractivity contribution in [2.45, 2.75) is 26.3 Å². The second-order valence-electron chi connectivity index (χ2n) is 4.16. The number of rotatable bonds is 5. The van der Waals surface area contributed by atoms with Gasteiger partial charge >= 0.3 is 0 Å². The van der Waals surface area contributed by atoms with E-state index in [0.29, 0.717) is 17.9 Å². The lowest BCUT2D eigenvalue weighted by atomic mass is 10.1. The van der Waals surface area contributed by atoms with Crippen LogP contribution in [0.3, 0.4) is 0 Å². The fourth-order valence-corrected chi connectivity index (χ4v) is 1.87. The Morgan fingerprint density at radius 2 is 1.89 bits per heavy atom. The quantitative estimate of drug-likeness (QED) is 0.830. The van der Waals surface area contributed by atoms with Gasteiger partial charge in [0.2, 0.25) is 0 Å². The number of carbonyl (C=O) groups excluding carboxylic acids is 1. The predicted octanol–water partition coefficient (Wildman–Crippen LogP) is 1.93. The Labute approximate surface area is 109 Å². The maximum Gasteiger partial charge on any atom is 0.144 e. The van der Waals surface area contributed by atoms with Crippen molar-refractivity contribution in [3.8, 4) is 0 Å². The Bertz CT molecular complexity index is 575. The number of hydrogen-bond donors (Lipinski definition) is 0. The van der Waals surface area contributed by atoms with Gasteiger partial charge < -0.3 is 0 Å². The number of nitrogens with zero attached hydrogens (tertiary/aromatic N) is 3. The number of aromatic nitrogens is 3. The van der Waals surface area contributed by atoms with Crippen LogP contribution in [-0.2, 0) is 24.2 Å². The van der Waals surface area contributed by atoms with Gasteiger partial charge in [0.1, 0.15) is 29.6 Å². The highest BCUT2D eigenvalue weighted by Gasteiger charge is 2.11. The highest BCUT2D eigenvalue weighted by atomic mass is 19.1. The van der Waals surface area contributed by atoms with Crippen LogP contribution in [0.1, 0.15) is 18.3 Å². The molecule has 4 nitrogen and oxygen atoms in total. The van der Waals surface area contributed by atoms with Gasteiger partial charge in [0.15, 0.2) is 0 Å². The first kappa shape index (κ1) is 13.3. The Balaban J connectivity index is 2.05. The maximum atomic E-state index is 13.0. The third-order valence-corrected chi connectivity index (χ3v) is 2.67. The van der Waals surface area contributed by atoms with Crippen molar-refractivity contribution in [3.05, 3.63) is 47.5 Å². The van der Waals surface area contributed by atoms with Crippen LogP contribution in [0, 0.1) is 11.6 Å². The van der Waals surface area contributed by atoms with Crippen molar-refractivity contribution in [2.75, 3.05) is 0 Å². The van der Waals surface area contributed by atoms with Crippen LogP contribution < -0.4 is 0 Å². The minimum atomic E-state index is -0.681. The molecule has 0 saturated carbocycles. The van der Waals surface area contributed by atoms with Crippen molar-refractivity contribution >= 4 is 5.78 Å². The summed E-state index contributed by atoms with van der Waals surface area (Å²) in [6.45, 7) is 2.52. The third kappa shape index (κ3) is 3.43. The van der Waals surface area contributed by atoms with E-state index in [0.717, 1.165) is 18.2 Å². The lowest BCUT2D eigenvalue weighted by Crippen LogP contribution is -2.12. The molecule has 1 heterocycles. The molecule has 0 fully saturated rings. The number of ketones is 1. The zero-order valence-corrected chi connectivity index (χ0v) is 10.4. The number of halogens is 2. The largest absolute Gasteiger partial charge is 0.299 e.